The van der Waals surface area contributed by atoms with E-state index in [-0.39, 0.29) is 6.04 Å². The minimum absolute atomic E-state index is 0.0975. The van der Waals surface area contributed by atoms with Crippen LogP contribution in [0.4, 0.5) is 0 Å². The summed E-state index contributed by atoms with van der Waals surface area (Å²) in [6, 6.07) is 16.3. The number of hydrogen-bond acceptors (Lipinski definition) is 0. The Labute approximate surface area is 178 Å². The normalized spacial score (nSPS) is 11.3. The second-order valence-corrected chi connectivity index (χ2v) is 8.24. The molecule has 1 aromatic heterocycles. The number of nitrogens with zero attached hydrogens (tertiary/aromatic N) is 2. The van der Waals surface area contributed by atoms with E-state index in [9.17, 15) is 0 Å². The van der Waals surface area contributed by atoms with Gasteiger partial charge in [-0.05, 0) is 37.1 Å². The Kier molecular flexibility index (Phi) is 8.00. The Balaban J connectivity index is 1.74. The Morgan fingerprint density at radius 1 is 0.786 bits per heavy atom. The second-order valence-electron chi connectivity index (χ2n) is 7.37. The van der Waals surface area contributed by atoms with Gasteiger partial charge >= 0.3 is 0 Å². The van der Waals surface area contributed by atoms with E-state index < -0.39 is 0 Å². The second kappa shape index (κ2) is 10.7. The van der Waals surface area contributed by atoms with Gasteiger partial charge in [0.05, 0.1) is 6.54 Å². The lowest BCUT2D eigenvalue weighted by atomic mass is 9.98. The summed E-state index contributed by atoms with van der Waals surface area (Å²) in [6.45, 7) is 3.32. The summed E-state index contributed by atoms with van der Waals surface area (Å²) in [6.07, 6.45) is 14.4. The van der Waals surface area contributed by atoms with Crippen molar-refractivity contribution in [1.29, 1.82) is 0 Å². The molecule has 3 aromatic rings. The predicted octanol–water partition coefficient (Wildman–Crippen LogP) is 7.08. The fourth-order valence-electron chi connectivity index (χ4n) is 3.60. The van der Waals surface area contributed by atoms with Crippen LogP contribution in [0, 0.1) is 0 Å². The molecule has 0 saturated heterocycles. The van der Waals surface area contributed by atoms with Crippen molar-refractivity contribution in [2.75, 3.05) is 0 Å². The van der Waals surface area contributed by atoms with E-state index in [4.69, 9.17) is 23.2 Å². The molecular weight excluding hydrogens is 387 g/mol. The average molecular weight is 416 g/mol. The van der Waals surface area contributed by atoms with Gasteiger partial charge in [0.2, 0.25) is 6.33 Å². The molecule has 1 heterocycles. The van der Waals surface area contributed by atoms with Gasteiger partial charge in [0.1, 0.15) is 12.4 Å². The molecule has 148 valence electrons. The molecule has 0 aliphatic rings. The van der Waals surface area contributed by atoms with Gasteiger partial charge < -0.3 is 0 Å². The molecule has 0 aliphatic carbocycles. The van der Waals surface area contributed by atoms with E-state index in [0.717, 1.165) is 16.6 Å². The van der Waals surface area contributed by atoms with Crippen LogP contribution in [0.25, 0.3) is 0 Å². The van der Waals surface area contributed by atoms with Crippen LogP contribution >= 0.6 is 23.2 Å². The summed E-state index contributed by atoms with van der Waals surface area (Å²) < 4.78 is 4.56. The van der Waals surface area contributed by atoms with Crippen LogP contribution in [-0.4, -0.2) is 4.57 Å². The van der Waals surface area contributed by atoms with Gasteiger partial charge in [0, 0.05) is 21.2 Å². The average Bonchev–Trinajstić information content (AvgIpc) is 3.16. The smallest absolute Gasteiger partial charge is 0.237 e. The fourth-order valence-corrected chi connectivity index (χ4v) is 3.85. The van der Waals surface area contributed by atoms with Crippen LogP contribution in [-0.2, 0) is 6.54 Å². The van der Waals surface area contributed by atoms with Gasteiger partial charge in [-0.2, -0.15) is 0 Å². The van der Waals surface area contributed by atoms with E-state index in [2.05, 4.69) is 59.0 Å². The SMILES string of the molecule is CCCCCCCC[n+]1ccn(C(c2ccc(Cl)cc2)c2ccc(Cl)cc2)c1. The molecular formula is C24H29Cl2N2+. The number of unbranched alkanes of at least 4 members (excludes halogenated alkanes) is 5. The largest absolute Gasteiger partial charge is 0.244 e. The molecule has 2 aromatic carbocycles. The summed E-state index contributed by atoms with van der Waals surface area (Å²) in [5, 5.41) is 1.51. The Morgan fingerprint density at radius 2 is 1.32 bits per heavy atom. The van der Waals surface area contributed by atoms with E-state index in [1.165, 1.54) is 49.7 Å². The number of aromatic nitrogens is 2. The number of benzene rings is 2. The van der Waals surface area contributed by atoms with E-state index in [0.29, 0.717) is 0 Å². The molecule has 0 atom stereocenters. The first-order valence-electron chi connectivity index (χ1n) is 10.2. The van der Waals surface area contributed by atoms with Crippen LogP contribution in [0.1, 0.15) is 62.6 Å². The maximum atomic E-state index is 6.11. The first kappa shape index (κ1) is 21.0. The zero-order chi connectivity index (χ0) is 19.8. The van der Waals surface area contributed by atoms with Gasteiger partial charge in [-0.3, -0.25) is 0 Å². The van der Waals surface area contributed by atoms with E-state index >= 15 is 0 Å². The van der Waals surface area contributed by atoms with Crippen molar-refractivity contribution in [3.05, 3.63) is 88.4 Å². The summed E-state index contributed by atoms with van der Waals surface area (Å²) in [5.41, 5.74) is 2.41. The standard InChI is InChI=1S/C24H29Cl2N2/c1-2-3-4-5-6-7-16-27-17-18-28(19-27)24(20-8-12-22(25)13-9-20)21-10-14-23(26)15-11-21/h8-15,17-19,24H,2-7,16H2,1H3/q+1. The van der Waals surface area contributed by atoms with Crippen molar-refractivity contribution >= 4 is 23.2 Å². The van der Waals surface area contributed by atoms with Crippen molar-refractivity contribution in [3.63, 3.8) is 0 Å². The number of hydrogen-bond donors (Lipinski definition) is 0. The number of rotatable bonds is 10. The van der Waals surface area contributed by atoms with E-state index in [1.54, 1.807) is 0 Å². The third kappa shape index (κ3) is 5.86. The molecule has 0 spiro atoms. The molecule has 0 radical (unpaired) electrons. The van der Waals surface area contributed by atoms with Gasteiger partial charge in [-0.15, -0.1) is 0 Å². The molecule has 0 aliphatic heterocycles. The summed E-state index contributed by atoms with van der Waals surface area (Å²) in [4.78, 5) is 0. The maximum absolute atomic E-state index is 6.11. The fraction of sp³-hybridized carbons (Fsp3) is 0.375. The first-order valence-corrected chi connectivity index (χ1v) is 11.0. The Morgan fingerprint density at radius 3 is 1.89 bits per heavy atom. The van der Waals surface area contributed by atoms with Crippen molar-refractivity contribution in [2.24, 2.45) is 0 Å². The molecule has 0 N–H and O–H groups in total. The number of halogens is 2. The lowest BCUT2D eigenvalue weighted by molar-refractivity contribution is -0.697. The third-order valence-electron chi connectivity index (χ3n) is 5.15. The van der Waals surface area contributed by atoms with Crippen LogP contribution in [0.3, 0.4) is 0 Å². The highest BCUT2D eigenvalue weighted by Crippen LogP contribution is 2.28. The van der Waals surface area contributed by atoms with Crippen molar-refractivity contribution in [3.8, 4) is 0 Å². The molecule has 28 heavy (non-hydrogen) atoms. The first-order chi connectivity index (χ1) is 13.7. The molecule has 2 nitrogen and oxygen atoms in total. The van der Waals surface area contributed by atoms with Gasteiger partial charge in [-0.1, -0.05) is 80.1 Å². The molecule has 4 heteroatoms. The summed E-state index contributed by atoms with van der Waals surface area (Å²) in [5.74, 6) is 0. The van der Waals surface area contributed by atoms with E-state index in [1.807, 2.05) is 24.3 Å². The molecule has 0 bridgehead atoms. The molecule has 0 fully saturated rings. The van der Waals surface area contributed by atoms with Gasteiger partial charge in [0.15, 0.2) is 6.04 Å². The van der Waals surface area contributed by atoms with Crippen molar-refractivity contribution in [1.82, 2.24) is 4.57 Å². The maximum Gasteiger partial charge on any atom is 0.244 e. The number of imidazole rings is 1. The minimum Gasteiger partial charge on any atom is -0.237 e. The highest BCUT2D eigenvalue weighted by molar-refractivity contribution is 6.30. The molecule has 3 rings (SSSR count). The third-order valence-corrected chi connectivity index (χ3v) is 5.66. The van der Waals surface area contributed by atoms with Crippen LogP contribution in [0.2, 0.25) is 10.0 Å². The highest BCUT2D eigenvalue weighted by atomic mass is 35.5. The topological polar surface area (TPSA) is 8.81 Å². The zero-order valence-electron chi connectivity index (χ0n) is 16.5. The summed E-state index contributed by atoms with van der Waals surface area (Å²) >= 11 is 12.2. The Hall–Kier alpha value is -1.77. The van der Waals surface area contributed by atoms with Crippen LogP contribution in [0.5, 0.6) is 0 Å². The molecule has 0 saturated carbocycles. The van der Waals surface area contributed by atoms with Crippen molar-refractivity contribution in [2.45, 2.75) is 58.0 Å². The van der Waals surface area contributed by atoms with Crippen molar-refractivity contribution < 1.29 is 4.57 Å². The monoisotopic (exact) mass is 415 g/mol. The molecule has 0 amide bonds. The van der Waals surface area contributed by atoms with Crippen LogP contribution < -0.4 is 4.57 Å². The zero-order valence-corrected chi connectivity index (χ0v) is 18.0. The van der Waals surface area contributed by atoms with Gasteiger partial charge in [0.25, 0.3) is 0 Å². The summed E-state index contributed by atoms with van der Waals surface area (Å²) in [7, 11) is 0. The highest BCUT2D eigenvalue weighted by Gasteiger charge is 2.21. The molecule has 0 unspecified atom stereocenters. The lowest BCUT2D eigenvalue weighted by Gasteiger charge is -2.15. The lowest BCUT2D eigenvalue weighted by Crippen LogP contribution is -2.31. The van der Waals surface area contributed by atoms with Crippen LogP contribution in [0.15, 0.2) is 67.3 Å². The predicted molar refractivity (Wildman–Crippen MR) is 118 cm³/mol. The van der Waals surface area contributed by atoms with Gasteiger partial charge in [-0.25, -0.2) is 9.13 Å². The number of aryl methyl sites for hydroxylation is 1. The Bertz CT molecular complexity index is 792. The quantitative estimate of drug-likeness (QED) is 0.247. The minimum atomic E-state index is 0.0975.